The van der Waals surface area contributed by atoms with Gasteiger partial charge in [-0.2, -0.15) is 0 Å². The number of nitrogens with two attached hydrogens (primary N) is 1. The summed E-state index contributed by atoms with van der Waals surface area (Å²) in [6, 6.07) is -0.0542. The molecule has 1 rings (SSSR count). The lowest BCUT2D eigenvalue weighted by molar-refractivity contribution is -0.126. The highest BCUT2D eigenvalue weighted by molar-refractivity contribution is 5.81. The van der Waals surface area contributed by atoms with Crippen LogP contribution in [0.25, 0.3) is 0 Å². The quantitative estimate of drug-likeness (QED) is 0.397. The lowest BCUT2D eigenvalue weighted by atomic mass is 10.1. The van der Waals surface area contributed by atoms with Crippen molar-refractivity contribution in [3.63, 3.8) is 0 Å². The fourth-order valence-corrected chi connectivity index (χ4v) is 2.23. The predicted octanol–water partition coefficient (Wildman–Crippen LogP) is -0.217. The summed E-state index contributed by atoms with van der Waals surface area (Å²) in [6.07, 6.45) is 3.01. The third-order valence-corrected chi connectivity index (χ3v) is 3.20. The standard InChI is InChI=1S/C11H24N4O/c1-3-5-10(11(16)13-12)15-7-4-6-14(2)8-9-15/h10H,3-9,12H2,1-2H3,(H,13,16). The van der Waals surface area contributed by atoms with Gasteiger partial charge in [0.25, 0.3) is 5.91 Å². The van der Waals surface area contributed by atoms with Crippen LogP contribution in [0, 0.1) is 0 Å². The molecule has 0 aromatic rings. The van der Waals surface area contributed by atoms with Crippen LogP contribution in [0.2, 0.25) is 0 Å². The van der Waals surface area contributed by atoms with E-state index in [0.717, 1.165) is 45.4 Å². The normalized spacial score (nSPS) is 21.4. The summed E-state index contributed by atoms with van der Waals surface area (Å²) in [4.78, 5) is 16.3. The molecular weight excluding hydrogens is 204 g/mol. The van der Waals surface area contributed by atoms with Crippen molar-refractivity contribution in [2.24, 2.45) is 5.84 Å². The van der Waals surface area contributed by atoms with E-state index in [1.807, 2.05) is 0 Å². The molecule has 0 aromatic heterocycles. The second-order valence-electron chi connectivity index (χ2n) is 4.51. The maximum Gasteiger partial charge on any atom is 0.251 e. The van der Waals surface area contributed by atoms with Crippen molar-refractivity contribution in [1.29, 1.82) is 0 Å². The number of rotatable bonds is 4. The highest BCUT2D eigenvalue weighted by Gasteiger charge is 2.25. The second-order valence-corrected chi connectivity index (χ2v) is 4.51. The Hall–Kier alpha value is -0.650. The van der Waals surface area contributed by atoms with Gasteiger partial charge in [-0.15, -0.1) is 0 Å². The first-order valence-electron chi connectivity index (χ1n) is 6.12. The Bertz CT molecular complexity index is 222. The number of hydrogen-bond acceptors (Lipinski definition) is 4. The molecule has 0 bridgehead atoms. The zero-order chi connectivity index (χ0) is 12.0. The van der Waals surface area contributed by atoms with Crippen LogP contribution in [0.15, 0.2) is 0 Å². The summed E-state index contributed by atoms with van der Waals surface area (Å²) < 4.78 is 0. The molecule has 16 heavy (non-hydrogen) atoms. The van der Waals surface area contributed by atoms with Crippen LogP contribution >= 0.6 is 0 Å². The van der Waals surface area contributed by atoms with Gasteiger partial charge in [0.15, 0.2) is 0 Å². The third-order valence-electron chi connectivity index (χ3n) is 3.20. The van der Waals surface area contributed by atoms with Gasteiger partial charge in [-0.25, -0.2) is 5.84 Å². The van der Waals surface area contributed by atoms with Crippen LogP contribution < -0.4 is 11.3 Å². The minimum Gasteiger partial charge on any atom is -0.305 e. The molecule has 0 aromatic carbocycles. The summed E-state index contributed by atoms with van der Waals surface area (Å²) in [5.74, 6) is 5.19. The smallest absolute Gasteiger partial charge is 0.251 e. The Morgan fingerprint density at radius 3 is 2.75 bits per heavy atom. The molecule has 5 nitrogen and oxygen atoms in total. The number of carbonyl (C=O) groups is 1. The minimum absolute atomic E-state index is 0.0496. The van der Waals surface area contributed by atoms with Crippen molar-refractivity contribution in [3.8, 4) is 0 Å². The molecular formula is C11H24N4O. The molecule has 1 unspecified atom stereocenters. The van der Waals surface area contributed by atoms with E-state index >= 15 is 0 Å². The molecule has 0 saturated carbocycles. The van der Waals surface area contributed by atoms with Gasteiger partial charge in [-0.05, 0) is 26.4 Å². The molecule has 1 aliphatic rings. The highest BCUT2D eigenvalue weighted by atomic mass is 16.2. The number of likely N-dealkylation sites (N-methyl/N-ethyl adjacent to an activating group) is 1. The molecule has 1 fully saturated rings. The molecule has 94 valence electrons. The van der Waals surface area contributed by atoms with Gasteiger partial charge in [0.2, 0.25) is 0 Å². The molecule has 3 N–H and O–H groups in total. The van der Waals surface area contributed by atoms with E-state index in [1.54, 1.807) is 0 Å². The molecule has 5 heteroatoms. The molecule has 1 atom stereocenters. The Morgan fingerprint density at radius 1 is 1.38 bits per heavy atom. The van der Waals surface area contributed by atoms with Crippen LogP contribution in [0.5, 0.6) is 0 Å². The number of amides is 1. The average Bonchev–Trinajstić information content (AvgIpc) is 2.50. The van der Waals surface area contributed by atoms with E-state index in [2.05, 4.69) is 29.2 Å². The van der Waals surface area contributed by atoms with Gasteiger partial charge < -0.3 is 4.90 Å². The van der Waals surface area contributed by atoms with Gasteiger partial charge in [0, 0.05) is 19.6 Å². The van der Waals surface area contributed by atoms with Gasteiger partial charge in [0.05, 0.1) is 6.04 Å². The number of hydrogen-bond donors (Lipinski definition) is 2. The second kappa shape index (κ2) is 6.83. The lowest BCUT2D eigenvalue weighted by Gasteiger charge is -2.28. The van der Waals surface area contributed by atoms with Gasteiger partial charge in [0.1, 0.15) is 0 Å². The molecule has 0 spiro atoms. The van der Waals surface area contributed by atoms with Gasteiger partial charge in [-0.3, -0.25) is 15.1 Å². The van der Waals surface area contributed by atoms with E-state index in [9.17, 15) is 4.79 Å². The fraction of sp³-hybridized carbons (Fsp3) is 0.909. The molecule has 0 radical (unpaired) electrons. The predicted molar refractivity (Wildman–Crippen MR) is 64.7 cm³/mol. The zero-order valence-electron chi connectivity index (χ0n) is 10.4. The van der Waals surface area contributed by atoms with Crippen molar-refractivity contribution < 1.29 is 4.79 Å². The number of hydrazine groups is 1. The Balaban J connectivity index is 2.58. The van der Waals surface area contributed by atoms with E-state index < -0.39 is 0 Å². The van der Waals surface area contributed by atoms with Crippen LogP contribution in [-0.2, 0) is 4.79 Å². The largest absolute Gasteiger partial charge is 0.305 e. The van der Waals surface area contributed by atoms with Crippen molar-refractivity contribution in [2.45, 2.75) is 32.2 Å². The summed E-state index contributed by atoms with van der Waals surface area (Å²) in [7, 11) is 2.13. The van der Waals surface area contributed by atoms with Crippen molar-refractivity contribution in [1.82, 2.24) is 15.2 Å². The lowest BCUT2D eigenvalue weighted by Crippen LogP contribution is -2.50. The Morgan fingerprint density at radius 2 is 2.12 bits per heavy atom. The molecule has 1 saturated heterocycles. The molecule has 0 aliphatic carbocycles. The number of nitrogens with zero attached hydrogens (tertiary/aromatic N) is 2. The van der Waals surface area contributed by atoms with E-state index in [-0.39, 0.29) is 11.9 Å². The summed E-state index contributed by atoms with van der Waals surface area (Å²) in [5, 5.41) is 0. The van der Waals surface area contributed by atoms with E-state index in [4.69, 9.17) is 5.84 Å². The SMILES string of the molecule is CCCC(C(=O)NN)N1CCCN(C)CC1. The van der Waals surface area contributed by atoms with Gasteiger partial charge >= 0.3 is 0 Å². The van der Waals surface area contributed by atoms with Crippen molar-refractivity contribution >= 4 is 5.91 Å². The molecule has 1 heterocycles. The summed E-state index contributed by atoms with van der Waals surface area (Å²) >= 11 is 0. The Kier molecular flexibility index (Phi) is 5.73. The van der Waals surface area contributed by atoms with E-state index in [1.165, 1.54) is 0 Å². The Labute approximate surface area is 97.9 Å². The van der Waals surface area contributed by atoms with Crippen LogP contribution in [0.3, 0.4) is 0 Å². The summed E-state index contributed by atoms with van der Waals surface area (Å²) in [5.41, 5.74) is 2.28. The number of nitrogens with one attached hydrogen (secondary N) is 1. The average molecular weight is 228 g/mol. The van der Waals surface area contributed by atoms with Crippen LogP contribution in [0.4, 0.5) is 0 Å². The molecule has 1 aliphatic heterocycles. The first kappa shape index (κ1) is 13.4. The minimum atomic E-state index is -0.0542. The first-order chi connectivity index (χ1) is 7.69. The monoisotopic (exact) mass is 228 g/mol. The van der Waals surface area contributed by atoms with Crippen LogP contribution in [0.1, 0.15) is 26.2 Å². The van der Waals surface area contributed by atoms with Crippen molar-refractivity contribution in [3.05, 3.63) is 0 Å². The summed E-state index contributed by atoms with van der Waals surface area (Å²) in [6.45, 7) is 6.18. The van der Waals surface area contributed by atoms with Gasteiger partial charge in [-0.1, -0.05) is 13.3 Å². The third kappa shape index (κ3) is 3.73. The van der Waals surface area contributed by atoms with E-state index in [0.29, 0.717) is 0 Å². The maximum atomic E-state index is 11.7. The molecule has 1 amide bonds. The zero-order valence-corrected chi connectivity index (χ0v) is 10.4. The fourth-order valence-electron chi connectivity index (χ4n) is 2.23. The maximum absolute atomic E-state index is 11.7. The van der Waals surface area contributed by atoms with Crippen LogP contribution in [-0.4, -0.2) is 55.0 Å². The topological polar surface area (TPSA) is 61.6 Å². The highest BCUT2D eigenvalue weighted by Crippen LogP contribution is 2.11. The van der Waals surface area contributed by atoms with Crippen molar-refractivity contribution in [2.75, 3.05) is 33.2 Å². The number of carbonyl (C=O) groups excluding carboxylic acids is 1. The first-order valence-corrected chi connectivity index (χ1v) is 6.12.